The lowest BCUT2D eigenvalue weighted by Crippen LogP contribution is -2.16. The van der Waals surface area contributed by atoms with Gasteiger partial charge in [-0.25, -0.2) is 0 Å². The van der Waals surface area contributed by atoms with Crippen LogP contribution in [0.1, 0.15) is 37.8 Å². The van der Waals surface area contributed by atoms with Crippen molar-refractivity contribution in [1.29, 1.82) is 0 Å². The van der Waals surface area contributed by atoms with Crippen molar-refractivity contribution in [2.75, 3.05) is 0 Å². The lowest BCUT2D eigenvalue weighted by atomic mass is 9.88. The molecule has 0 radical (unpaired) electrons. The van der Waals surface area contributed by atoms with E-state index in [0.29, 0.717) is 0 Å². The summed E-state index contributed by atoms with van der Waals surface area (Å²) in [5.41, 5.74) is 2.38. The predicted octanol–water partition coefficient (Wildman–Crippen LogP) is 3.07. The van der Waals surface area contributed by atoms with Crippen LogP contribution in [0.25, 0.3) is 0 Å². The minimum Gasteiger partial charge on any atom is -0.481 e. The van der Waals surface area contributed by atoms with E-state index in [2.05, 4.69) is 19.1 Å². The van der Waals surface area contributed by atoms with Crippen LogP contribution in [-0.2, 0) is 11.2 Å². The van der Waals surface area contributed by atoms with Gasteiger partial charge < -0.3 is 5.11 Å². The summed E-state index contributed by atoms with van der Waals surface area (Å²) in [5.74, 6) is -1.00. The van der Waals surface area contributed by atoms with Crippen LogP contribution in [0.15, 0.2) is 24.3 Å². The van der Waals surface area contributed by atoms with Gasteiger partial charge >= 0.3 is 5.97 Å². The number of hydrogen-bond acceptors (Lipinski definition) is 1. The molecule has 15 heavy (non-hydrogen) atoms. The summed E-state index contributed by atoms with van der Waals surface area (Å²) in [6, 6.07) is 8.17. The molecule has 82 valence electrons. The summed E-state index contributed by atoms with van der Waals surface area (Å²) >= 11 is 0. The van der Waals surface area contributed by atoms with E-state index in [-0.39, 0.29) is 11.8 Å². The van der Waals surface area contributed by atoms with Crippen molar-refractivity contribution in [1.82, 2.24) is 0 Å². The number of rotatable bonds is 4. The van der Waals surface area contributed by atoms with Gasteiger partial charge in [0, 0.05) is 0 Å². The first kappa shape index (κ1) is 11.8. The fourth-order valence-corrected chi connectivity index (χ4v) is 1.60. The quantitative estimate of drug-likeness (QED) is 0.822. The maximum Gasteiger partial charge on any atom is 0.306 e. The number of benzene rings is 1. The minimum atomic E-state index is -0.732. The third-order valence-corrected chi connectivity index (χ3v) is 3.02. The molecule has 1 aromatic rings. The molecule has 0 aliphatic heterocycles. The zero-order valence-corrected chi connectivity index (χ0v) is 9.53. The molecule has 1 rings (SSSR count). The summed E-state index contributed by atoms with van der Waals surface area (Å²) in [6.45, 7) is 5.82. The van der Waals surface area contributed by atoms with Crippen LogP contribution in [0.4, 0.5) is 0 Å². The zero-order valence-electron chi connectivity index (χ0n) is 9.53. The Morgan fingerprint density at radius 2 is 2.07 bits per heavy atom. The first-order chi connectivity index (χ1) is 7.06. The summed E-state index contributed by atoms with van der Waals surface area (Å²) in [7, 11) is 0. The van der Waals surface area contributed by atoms with E-state index in [4.69, 9.17) is 5.11 Å². The number of carboxylic acid groups (broad SMARTS) is 1. The fourth-order valence-electron chi connectivity index (χ4n) is 1.60. The van der Waals surface area contributed by atoms with Gasteiger partial charge in [0.25, 0.3) is 0 Å². The van der Waals surface area contributed by atoms with Gasteiger partial charge in [-0.1, -0.05) is 45.0 Å². The number of hydrogen-bond donors (Lipinski definition) is 1. The Labute approximate surface area is 90.9 Å². The number of aliphatic carboxylic acids is 1. The van der Waals surface area contributed by atoms with E-state index in [1.54, 1.807) is 6.92 Å². The molecule has 0 heterocycles. The first-order valence-corrected chi connectivity index (χ1v) is 5.38. The van der Waals surface area contributed by atoms with Crippen molar-refractivity contribution in [3.63, 3.8) is 0 Å². The number of carboxylic acids is 1. The highest BCUT2D eigenvalue weighted by molar-refractivity contribution is 5.70. The van der Waals surface area contributed by atoms with Crippen LogP contribution < -0.4 is 0 Å². The highest BCUT2D eigenvalue weighted by Crippen LogP contribution is 2.24. The van der Waals surface area contributed by atoms with E-state index in [1.807, 2.05) is 19.1 Å². The molecule has 0 aliphatic carbocycles. The first-order valence-electron chi connectivity index (χ1n) is 5.38. The Kier molecular flexibility index (Phi) is 3.89. The third kappa shape index (κ3) is 2.82. The average Bonchev–Trinajstić information content (AvgIpc) is 2.27. The summed E-state index contributed by atoms with van der Waals surface area (Å²) in [6.07, 6.45) is 0.988. The Morgan fingerprint density at radius 3 is 2.60 bits per heavy atom. The Bertz CT molecular complexity index is 344. The lowest BCUT2D eigenvalue weighted by Gasteiger charge is -2.16. The lowest BCUT2D eigenvalue weighted by molar-refractivity contribution is -0.141. The second-order valence-electron chi connectivity index (χ2n) is 4.01. The molecule has 2 unspecified atom stereocenters. The largest absolute Gasteiger partial charge is 0.481 e. The van der Waals surface area contributed by atoms with Crippen molar-refractivity contribution in [2.24, 2.45) is 5.92 Å². The maximum atomic E-state index is 10.9. The van der Waals surface area contributed by atoms with Gasteiger partial charge in [-0.2, -0.15) is 0 Å². The van der Waals surface area contributed by atoms with Crippen molar-refractivity contribution >= 4 is 5.97 Å². The van der Waals surface area contributed by atoms with E-state index in [0.717, 1.165) is 12.0 Å². The third-order valence-electron chi connectivity index (χ3n) is 3.02. The van der Waals surface area contributed by atoms with Gasteiger partial charge in [0.15, 0.2) is 0 Å². The fraction of sp³-hybridized carbons (Fsp3) is 0.462. The van der Waals surface area contributed by atoms with Gasteiger partial charge in [0.05, 0.1) is 5.92 Å². The topological polar surface area (TPSA) is 37.3 Å². The normalized spacial score (nSPS) is 14.6. The molecule has 0 bridgehead atoms. The smallest absolute Gasteiger partial charge is 0.306 e. The maximum absolute atomic E-state index is 10.9. The molecule has 1 aromatic carbocycles. The molecule has 0 aromatic heterocycles. The highest BCUT2D eigenvalue weighted by Gasteiger charge is 2.20. The van der Waals surface area contributed by atoms with Crippen LogP contribution in [0.5, 0.6) is 0 Å². The van der Waals surface area contributed by atoms with E-state index in [1.165, 1.54) is 5.56 Å². The van der Waals surface area contributed by atoms with Gasteiger partial charge in [0.2, 0.25) is 0 Å². The highest BCUT2D eigenvalue weighted by atomic mass is 16.4. The van der Waals surface area contributed by atoms with Crippen LogP contribution >= 0.6 is 0 Å². The van der Waals surface area contributed by atoms with Gasteiger partial charge in [-0.15, -0.1) is 0 Å². The van der Waals surface area contributed by atoms with Crippen molar-refractivity contribution in [2.45, 2.75) is 33.1 Å². The second kappa shape index (κ2) is 4.96. The molecule has 2 nitrogen and oxygen atoms in total. The summed E-state index contributed by atoms with van der Waals surface area (Å²) in [4.78, 5) is 10.9. The Hall–Kier alpha value is -1.31. The van der Waals surface area contributed by atoms with Crippen LogP contribution in [0.3, 0.4) is 0 Å². The second-order valence-corrected chi connectivity index (χ2v) is 4.01. The zero-order chi connectivity index (χ0) is 11.4. The number of aryl methyl sites for hydroxylation is 1. The van der Waals surface area contributed by atoms with Gasteiger partial charge in [-0.05, 0) is 23.5 Å². The SMILES string of the molecule is CCc1cccc(C(C)C(C)C(=O)O)c1. The summed E-state index contributed by atoms with van der Waals surface area (Å²) in [5, 5.41) is 8.94. The predicted molar refractivity (Wildman–Crippen MR) is 61.0 cm³/mol. The molecule has 0 amide bonds. The Morgan fingerprint density at radius 1 is 1.40 bits per heavy atom. The number of carbonyl (C=O) groups is 1. The van der Waals surface area contributed by atoms with Crippen molar-refractivity contribution in [3.05, 3.63) is 35.4 Å². The van der Waals surface area contributed by atoms with Crippen LogP contribution in [0, 0.1) is 5.92 Å². The molecule has 0 saturated heterocycles. The molecular weight excluding hydrogens is 188 g/mol. The molecule has 0 spiro atoms. The van der Waals surface area contributed by atoms with E-state index < -0.39 is 5.97 Å². The average molecular weight is 206 g/mol. The van der Waals surface area contributed by atoms with Crippen molar-refractivity contribution in [3.8, 4) is 0 Å². The van der Waals surface area contributed by atoms with Crippen LogP contribution in [0.2, 0.25) is 0 Å². The Balaban J connectivity index is 2.90. The molecule has 2 atom stereocenters. The van der Waals surface area contributed by atoms with Gasteiger partial charge in [0.1, 0.15) is 0 Å². The minimum absolute atomic E-state index is 0.0639. The molecular formula is C13H18O2. The molecule has 0 aliphatic rings. The van der Waals surface area contributed by atoms with E-state index in [9.17, 15) is 4.79 Å². The van der Waals surface area contributed by atoms with Crippen LogP contribution in [-0.4, -0.2) is 11.1 Å². The molecule has 0 fully saturated rings. The molecule has 0 saturated carbocycles. The van der Waals surface area contributed by atoms with Crippen molar-refractivity contribution < 1.29 is 9.90 Å². The summed E-state index contributed by atoms with van der Waals surface area (Å²) < 4.78 is 0. The van der Waals surface area contributed by atoms with Gasteiger partial charge in [-0.3, -0.25) is 4.79 Å². The van der Waals surface area contributed by atoms with E-state index >= 15 is 0 Å². The molecule has 1 N–H and O–H groups in total. The standard InChI is InChI=1S/C13H18O2/c1-4-11-6-5-7-12(8-11)9(2)10(3)13(14)15/h5-10H,4H2,1-3H3,(H,14,15). The molecule has 2 heteroatoms. The monoisotopic (exact) mass is 206 g/mol.